The minimum Gasteiger partial charge on any atom is -0.489 e. The van der Waals surface area contributed by atoms with E-state index in [1.165, 1.54) is 12.0 Å². The highest BCUT2D eigenvalue weighted by Crippen LogP contribution is 2.18. The Labute approximate surface area is 177 Å². The van der Waals surface area contributed by atoms with Crippen LogP contribution >= 0.6 is 0 Å². The number of hydrogen-bond acceptors (Lipinski definition) is 5. The minimum absolute atomic E-state index is 0.0500. The second-order valence-electron chi connectivity index (χ2n) is 6.52. The number of carbonyl (C=O) groups is 3. The fraction of sp³-hybridized carbons (Fsp3) is 0.348. The molecule has 7 nitrogen and oxygen atoms in total. The van der Waals surface area contributed by atoms with Gasteiger partial charge in [0.2, 0.25) is 11.8 Å². The quantitative estimate of drug-likeness (QED) is 0.707. The van der Waals surface area contributed by atoms with Crippen molar-refractivity contribution >= 4 is 17.8 Å². The lowest BCUT2D eigenvalue weighted by Gasteiger charge is -2.32. The Bertz CT molecular complexity index is 854. The standard InChI is InChI=1S/C21H22N2O5.C2H6/c1-27-20(25)11-18-21(26)23(13-19(24)22-18)12-16-8-5-9-17(10-16)28-14-15-6-3-2-4-7-15;1-2/h2-10,18H,11-14H2,1H3,(H,22,24);1-2H3. The summed E-state index contributed by atoms with van der Waals surface area (Å²) in [5, 5.41) is 2.54. The number of piperazine rings is 1. The molecule has 0 radical (unpaired) electrons. The third-order valence-electron chi connectivity index (χ3n) is 4.40. The number of nitrogens with zero attached hydrogens (tertiary/aromatic N) is 1. The summed E-state index contributed by atoms with van der Waals surface area (Å²) in [6.45, 7) is 4.65. The highest BCUT2D eigenvalue weighted by atomic mass is 16.5. The van der Waals surface area contributed by atoms with Crippen molar-refractivity contribution in [2.75, 3.05) is 13.7 Å². The molecule has 0 bridgehead atoms. The summed E-state index contributed by atoms with van der Waals surface area (Å²) in [6, 6.07) is 16.3. The average molecular weight is 412 g/mol. The summed E-state index contributed by atoms with van der Waals surface area (Å²) in [4.78, 5) is 37.4. The van der Waals surface area contributed by atoms with Crippen molar-refractivity contribution < 1.29 is 23.9 Å². The van der Waals surface area contributed by atoms with Crippen LogP contribution in [-0.4, -0.2) is 42.4 Å². The molecular formula is C23H28N2O5. The number of nitrogens with one attached hydrogen (secondary N) is 1. The molecule has 0 saturated carbocycles. The molecule has 2 amide bonds. The maximum atomic E-state index is 12.6. The molecule has 160 valence electrons. The van der Waals surface area contributed by atoms with Crippen molar-refractivity contribution in [3.8, 4) is 5.75 Å². The lowest BCUT2D eigenvalue weighted by Crippen LogP contribution is -2.58. The SMILES string of the molecule is CC.COC(=O)CC1NC(=O)CN(Cc2cccc(OCc3ccccc3)c2)C1=O. The van der Waals surface area contributed by atoms with E-state index in [0.29, 0.717) is 12.4 Å². The van der Waals surface area contributed by atoms with Gasteiger partial charge < -0.3 is 19.7 Å². The molecule has 1 fully saturated rings. The predicted molar refractivity (Wildman–Crippen MR) is 113 cm³/mol. The highest BCUT2D eigenvalue weighted by Gasteiger charge is 2.34. The van der Waals surface area contributed by atoms with Gasteiger partial charge in [0, 0.05) is 6.54 Å². The lowest BCUT2D eigenvalue weighted by atomic mass is 10.1. The van der Waals surface area contributed by atoms with Crippen LogP contribution in [0.25, 0.3) is 0 Å². The Morgan fingerprint density at radius 3 is 2.47 bits per heavy atom. The van der Waals surface area contributed by atoms with Crippen molar-refractivity contribution in [1.29, 1.82) is 0 Å². The second kappa shape index (κ2) is 11.6. The molecule has 1 saturated heterocycles. The van der Waals surface area contributed by atoms with E-state index < -0.39 is 12.0 Å². The number of benzene rings is 2. The molecule has 0 aliphatic carbocycles. The molecule has 1 N–H and O–H groups in total. The first kappa shape index (κ1) is 22.9. The number of esters is 1. The van der Waals surface area contributed by atoms with Crippen LogP contribution in [0.4, 0.5) is 0 Å². The number of amides is 2. The molecule has 2 aromatic rings. The molecular weight excluding hydrogens is 384 g/mol. The number of methoxy groups -OCH3 is 1. The Morgan fingerprint density at radius 1 is 1.07 bits per heavy atom. The van der Waals surface area contributed by atoms with Crippen LogP contribution in [0.3, 0.4) is 0 Å². The van der Waals surface area contributed by atoms with Crippen molar-refractivity contribution in [3.63, 3.8) is 0 Å². The largest absolute Gasteiger partial charge is 0.489 e. The van der Waals surface area contributed by atoms with Crippen LogP contribution in [0.1, 0.15) is 31.4 Å². The first-order valence-corrected chi connectivity index (χ1v) is 9.96. The van der Waals surface area contributed by atoms with Crippen LogP contribution in [0.5, 0.6) is 5.75 Å². The van der Waals surface area contributed by atoms with E-state index in [1.54, 1.807) is 0 Å². The first-order chi connectivity index (χ1) is 14.5. The second-order valence-corrected chi connectivity index (χ2v) is 6.52. The Kier molecular flexibility index (Phi) is 8.87. The van der Waals surface area contributed by atoms with Gasteiger partial charge in [0.1, 0.15) is 18.4 Å². The number of rotatable bonds is 7. The molecule has 0 aromatic heterocycles. The monoisotopic (exact) mass is 412 g/mol. The fourth-order valence-corrected chi connectivity index (χ4v) is 2.99. The van der Waals surface area contributed by atoms with Gasteiger partial charge in [-0.1, -0.05) is 56.3 Å². The molecule has 1 aliphatic rings. The average Bonchev–Trinajstić information content (AvgIpc) is 2.78. The lowest BCUT2D eigenvalue weighted by molar-refractivity contribution is -0.150. The van der Waals surface area contributed by atoms with Crippen molar-refractivity contribution in [1.82, 2.24) is 10.2 Å². The molecule has 30 heavy (non-hydrogen) atoms. The zero-order valence-corrected chi connectivity index (χ0v) is 17.6. The van der Waals surface area contributed by atoms with Crippen LogP contribution < -0.4 is 10.1 Å². The van der Waals surface area contributed by atoms with Gasteiger partial charge in [-0.25, -0.2) is 0 Å². The molecule has 1 atom stereocenters. The van der Waals surface area contributed by atoms with Gasteiger partial charge in [-0.15, -0.1) is 0 Å². The number of carbonyl (C=O) groups excluding carboxylic acids is 3. The number of hydrogen-bond donors (Lipinski definition) is 1. The molecule has 2 aromatic carbocycles. The van der Waals surface area contributed by atoms with Gasteiger partial charge in [0.15, 0.2) is 0 Å². The van der Waals surface area contributed by atoms with Crippen LogP contribution in [0, 0.1) is 0 Å². The van der Waals surface area contributed by atoms with Crippen LogP contribution in [0.2, 0.25) is 0 Å². The van der Waals surface area contributed by atoms with Gasteiger partial charge in [0.25, 0.3) is 0 Å². The highest BCUT2D eigenvalue weighted by molar-refractivity contribution is 5.96. The maximum Gasteiger partial charge on any atom is 0.308 e. The fourth-order valence-electron chi connectivity index (χ4n) is 2.99. The molecule has 0 spiro atoms. The molecule has 1 heterocycles. The maximum absolute atomic E-state index is 12.6. The predicted octanol–water partition coefficient (Wildman–Crippen LogP) is 2.68. The molecule has 1 aliphatic heterocycles. The Hall–Kier alpha value is -3.35. The zero-order chi connectivity index (χ0) is 21.9. The number of ether oxygens (including phenoxy) is 2. The molecule has 7 heteroatoms. The van der Waals surface area contributed by atoms with Gasteiger partial charge >= 0.3 is 5.97 Å². The van der Waals surface area contributed by atoms with Gasteiger partial charge in [-0.05, 0) is 23.3 Å². The van der Waals surface area contributed by atoms with E-state index in [4.69, 9.17) is 4.74 Å². The van der Waals surface area contributed by atoms with Gasteiger partial charge in [-0.3, -0.25) is 14.4 Å². The Morgan fingerprint density at radius 2 is 1.77 bits per heavy atom. The Balaban J connectivity index is 0.00000155. The summed E-state index contributed by atoms with van der Waals surface area (Å²) in [6.07, 6.45) is -0.183. The van der Waals surface area contributed by atoms with Gasteiger partial charge in [-0.2, -0.15) is 0 Å². The van der Waals surface area contributed by atoms with E-state index in [0.717, 1.165) is 11.1 Å². The minimum atomic E-state index is -0.897. The summed E-state index contributed by atoms with van der Waals surface area (Å²) >= 11 is 0. The van der Waals surface area contributed by atoms with Crippen molar-refractivity contribution in [3.05, 3.63) is 65.7 Å². The molecule has 1 unspecified atom stereocenters. The van der Waals surface area contributed by atoms with Crippen LogP contribution in [-0.2, 0) is 32.3 Å². The smallest absolute Gasteiger partial charge is 0.308 e. The van der Waals surface area contributed by atoms with E-state index in [9.17, 15) is 14.4 Å². The van der Waals surface area contributed by atoms with Gasteiger partial charge in [0.05, 0.1) is 20.1 Å². The normalized spacial score (nSPS) is 15.6. The van der Waals surface area contributed by atoms with Crippen LogP contribution in [0.15, 0.2) is 54.6 Å². The zero-order valence-electron chi connectivity index (χ0n) is 17.6. The van der Waals surface area contributed by atoms with E-state index in [-0.39, 0.29) is 31.3 Å². The van der Waals surface area contributed by atoms with Crippen molar-refractivity contribution in [2.24, 2.45) is 0 Å². The summed E-state index contributed by atoms with van der Waals surface area (Å²) in [7, 11) is 1.25. The summed E-state index contributed by atoms with van der Waals surface area (Å²) in [5.41, 5.74) is 1.90. The first-order valence-electron chi connectivity index (χ1n) is 9.96. The van der Waals surface area contributed by atoms with E-state index in [1.807, 2.05) is 68.4 Å². The topological polar surface area (TPSA) is 84.9 Å². The third-order valence-corrected chi connectivity index (χ3v) is 4.40. The summed E-state index contributed by atoms with van der Waals surface area (Å²) in [5.74, 6) is -0.469. The third kappa shape index (κ3) is 6.62. The molecule has 3 rings (SSSR count). The van der Waals surface area contributed by atoms with E-state index >= 15 is 0 Å². The van der Waals surface area contributed by atoms with Crippen molar-refractivity contribution in [2.45, 2.75) is 39.5 Å². The van der Waals surface area contributed by atoms with E-state index in [2.05, 4.69) is 10.1 Å². The summed E-state index contributed by atoms with van der Waals surface area (Å²) < 4.78 is 10.4.